The van der Waals surface area contributed by atoms with E-state index in [4.69, 9.17) is 5.11 Å². The fraction of sp³-hybridized carbons (Fsp3) is 0.500. The van der Waals surface area contributed by atoms with Crippen molar-refractivity contribution in [3.63, 3.8) is 0 Å². The van der Waals surface area contributed by atoms with E-state index in [0.717, 1.165) is 0 Å². The molecular formula is C6H6Mg2O8. The zero-order chi connectivity index (χ0) is 10.6. The maximum absolute atomic E-state index is 10.1. The third-order valence-electron chi connectivity index (χ3n) is 1.25. The molecule has 0 rings (SSSR count). The molecule has 0 heterocycles. The van der Waals surface area contributed by atoms with Gasteiger partial charge in [-0.05, 0) is 0 Å². The van der Waals surface area contributed by atoms with Crippen LogP contribution in [0.25, 0.3) is 0 Å². The van der Waals surface area contributed by atoms with Crippen LogP contribution in [0.3, 0.4) is 0 Å². The summed E-state index contributed by atoms with van der Waals surface area (Å²) in [6.07, 6.45) is -2.72. The minimum absolute atomic E-state index is 0. The van der Waals surface area contributed by atoms with Crippen LogP contribution >= 0.6 is 0 Å². The third-order valence-corrected chi connectivity index (χ3v) is 1.25. The van der Waals surface area contributed by atoms with Gasteiger partial charge in [-0.3, -0.25) is 0 Å². The van der Waals surface area contributed by atoms with Crippen LogP contribution in [0, 0.1) is 0 Å². The molecule has 82 valence electrons. The van der Waals surface area contributed by atoms with Crippen LogP contribution in [-0.4, -0.2) is 80.2 Å². The van der Waals surface area contributed by atoms with Crippen molar-refractivity contribution in [1.82, 2.24) is 0 Å². The van der Waals surface area contributed by atoms with Gasteiger partial charge in [-0.25, -0.2) is 0 Å². The molecule has 16 heavy (non-hydrogen) atoms. The molecule has 0 amide bonds. The summed E-state index contributed by atoms with van der Waals surface area (Å²) in [5.41, 5.74) is -2.97. The van der Waals surface area contributed by atoms with Crippen molar-refractivity contribution >= 4 is 64.0 Å². The predicted molar refractivity (Wildman–Crippen MR) is 42.6 cm³/mol. The number of hydrogen-bond acceptors (Lipinski definition) is 8. The van der Waals surface area contributed by atoms with Crippen molar-refractivity contribution in [2.45, 2.75) is 18.4 Å². The van der Waals surface area contributed by atoms with Gasteiger partial charge in [0.1, 0.15) is 5.60 Å². The summed E-state index contributed by atoms with van der Waals surface area (Å²) in [6, 6.07) is 0. The van der Waals surface area contributed by atoms with Crippen molar-refractivity contribution in [2.24, 2.45) is 0 Å². The first-order valence-corrected chi connectivity index (χ1v) is 3.11. The molecule has 0 fully saturated rings. The minimum atomic E-state index is -2.97. The molecule has 0 bridgehead atoms. The van der Waals surface area contributed by atoms with Gasteiger partial charge < -0.3 is 40.3 Å². The zero-order valence-electron chi connectivity index (χ0n) is 8.17. The number of carbonyl (C=O) groups excluding carboxylic acids is 3. The topological polar surface area (TPSA) is 171 Å². The Hall–Kier alpha value is -0.138. The molecule has 0 aromatic rings. The van der Waals surface area contributed by atoms with E-state index in [1.165, 1.54) is 0 Å². The Morgan fingerprint density at radius 3 is 1.31 bits per heavy atom. The molecule has 0 saturated carbocycles. The maximum atomic E-state index is 10.1. The van der Waals surface area contributed by atoms with Gasteiger partial charge in [-0.1, -0.05) is 0 Å². The first kappa shape index (κ1) is 24.9. The molecule has 0 atom stereocenters. The Morgan fingerprint density at radius 2 is 1.19 bits per heavy atom. The van der Waals surface area contributed by atoms with E-state index < -0.39 is 36.4 Å². The largest absolute Gasteiger partial charge is 2.00 e. The van der Waals surface area contributed by atoms with E-state index >= 15 is 0 Å². The van der Waals surface area contributed by atoms with Crippen LogP contribution < -0.4 is 15.3 Å². The Bertz CT molecular complexity index is 237. The Labute approximate surface area is 122 Å². The van der Waals surface area contributed by atoms with Gasteiger partial charge in [-0.15, -0.1) is 0 Å². The van der Waals surface area contributed by atoms with E-state index in [1.807, 2.05) is 0 Å². The molecule has 0 aromatic carbocycles. The zero-order valence-corrected chi connectivity index (χ0v) is 11.0. The van der Waals surface area contributed by atoms with Gasteiger partial charge in [0.05, 0.1) is 5.97 Å². The number of carboxylic acid groups (broad SMARTS) is 3. The monoisotopic (exact) mass is 254 g/mol. The Balaban J connectivity index is -0.000000240. The summed E-state index contributed by atoms with van der Waals surface area (Å²) in [6.45, 7) is 0. The summed E-state index contributed by atoms with van der Waals surface area (Å²) in [4.78, 5) is 30.0. The quantitative estimate of drug-likeness (QED) is 0.472. The summed E-state index contributed by atoms with van der Waals surface area (Å²) >= 11 is 0. The van der Waals surface area contributed by atoms with Crippen molar-refractivity contribution < 1.29 is 40.3 Å². The van der Waals surface area contributed by atoms with Crippen LogP contribution in [0.1, 0.15) is 12.8 Å². The van der Waals surface area contributed by atoms with Gasteiger partial charge >= 0.3 is 46.1 Å². The van der Waals surface area contributed by atoms with Crippen LogP contribution in [0.4, 0.5) is 0 Å². The van der Waals surface area contributed by atoms with E-state index in [0.29, 0.717) is 0 Å². The molecule has 0 spiro atoms. The number of carboxylic acids is 3. The van der Waals surface area contributed by atoms with Crippen molar-refractivity contribution in [3.05, 3.63) is 0 Å². The second-order valence-corrected chi connectivity index (χ2v) is 2.42. The van der Waals surface area contributed by atoms with E-state index in [-0.39, 0.29) is 51.6 Å². The average molecular weight is 255 g/mol. The first-order valence-electron chi connectivity index (χ1n) is 3.11. The summed E-state index contributed by atoms with van der Waals surface area (Å²) in [5, 5.41) is 38.9. The third kappa shape index (κ3) is 9.11. The second-order valence-electron chi connectivity index (χ2n) is 2.42. The number of hydrogen-bond donors (Lipinski definition) is 1. The van der Waals surface area contributed by atoms with Crippen LogP contribution in [0.2, 0.25) is 0 Å². The van der Waals surface area contributed by atoms with Crippen molar-refractivity contribution in [1.29, 1.82) is 0 Å². The standard InChI is InChI=1S/C6H8O7.2Mg.H2O/c7-3(8)1-6(13,5(11)12)2-4(9)10;;;/h13H,1-2H2,(H,7,8)(H,9,10)(H,11,12);;;1H2/q;2*+2;/p-4. The minimum Gasteiger partial charge on any atom is -0.870 e. The Kier molecular flexibility index (Phi) is 15.6. The van der Waals surface area contributed by atoms with Gasteiger partial charge in [0.2, 0.25) is 0 Å². The van der Waals surface area contributed by atoms with Gasteiger partial charge in [-0.2, -0.15) is 0 Å². The summed E-state index contributed by atoms with van der Waals surface area (Å²) < 4.78 is 0. The molecule has 0 aliphatic rings. The first-order chi connectivity index (χ1) is 5.78. The fourth-order valence-electron chi connectivity index (χ4n) is 0.684. The molecule has 0 aliphatic heterocycles. The molecular weight excluding hydrogens is 249 g/mol. The fourth-order valence-corrected chi connectivity index (χ4v) is 0.684. The summed E-state index contributed by atoms with van der Waals surface area (Å²) in [7, 11) is 0. The number of rotatable bonds is 5. The van der Waals surface area contributed by atoms with Crippen LogP contribution in [0.5, 0.6) is 0 Å². The molecule has 0 radical (unpaired) electrons. The van der Waals surface area contributed by atoms with E-state index in [9.17, 15) is 29.7 Å². The number of aliphatic carboxylic acids is 3. The van der Waals surface area contributed by atoms with E-state index in [2.05, 4.69) is 0 Å². The molecule has 8 nitrogen and oxygen atoms in total. The van der Waals surface area contributed by atoms with Gasteiger partial charge in [0.25, 0.3) is 0 Å². The average Bonchev–Trinajstić information content (AvgIpc) is 1.82. The normalized spacial score (nSPS) is 8.81. The van der Waals surface area contributed by atoms with Gasteiger partial charge in [0.15, 0.2) is 0 Å². The smallest absolute Gasteiger partial charge is 0.870 e. The van der Waals surface area contributed by atoms with Crippen LogP contribution in [0.15, 0.2) is 0 Å². The Morgan fingerprint density at radius 1 is 0.938 bits per heavy atom. The molecule has 0 aromatic heterocycles. The SMILES string of the molecule is O=C([O-])CC(O)(CC(=O)[O-])C(=O)[O-].[Mg+2].[Mg+2].[OH-]. The number of aliphatic hydroxyl groups is 1. The number of carbonyl (C=O) groups is 3. The molecule has 2 N–H and O–H groups in total. The molecule has 10 heteroatoms. The van der Waals surface area contributed by atoms with Gasteiger partial charge in [0, 0.05) is 24.8 Å². The predicted octanol–water partition coefficient (Wildman–Crippen LogP) is -6.19. The molecule has 0 saturated heterocycles. The van der Waals surface area contributed by atoms with E-state index in [1.54, 1.807) is 0 Å². The van der Waals surface area contributed by atoms with Crippen molar-refractivity contribution in [2.75, 3.05) is 0 Å². The van der Waals surface area contributed by atoms with Crippen molar-refractivity contribution in [3.8, 4) is 0 Å². The second kappa shape index (κ2) is 10.0. The maximum Gasteiger partial charge on any atom is 2.00 e. The molecule has 0 unspecified atom stereocenters. The van der Waals surface area contributed by atoms with Crippen LogP contribution in [-0.2, 0) is 14.4 Å². The summed E-state index contributed by atoms with van der Waals surface area (Å²) in [5.74, 6) is -5.98. The molecule has 0 aliphatic carbocycles.